The maximum Gasteiger partial charge on any atom is 0.254 e. The fraction of sp³-hybridized carbons (Fsp3) is 0.391. The molecule has 3 aromatic rings. The SMILES string of the molecule is CCCOc1c(Cl)cc(C(=O)N2CCC[C@H](c3nc4ccccc4s3)C2)cc1OC. The minimum atomic E-state index is -0.0388. The van der Waals surface area contributed by atoms with Crippen LogP contribution in [0.4, 0.5) is 0 Å². The number of amides is 1. The monoisotopic (exact) mass is 444 g/mol. The van der Waals surface area contributed by atoms with Crippen molar-refractivity contribution >= 4 is 39.1 Å². The molecule has 0 radical (unpaired) electrons. The van der Waals surface area contributed by atoms with Crippen molar-refractivity contribution in [3.8, 4) is 11.5 Å². The van der Waals surface area contributed by atoms with Crippen LogP contribution >= 0.6 is 22.9 Å². The third-order valence-corrected chi connectivity index (χ3v) is 6.77. The van der Waals surface area contributed by atoms with Gasteiger partial charge in [0, 0.05) is 24.6 Å². The van der Waals surface area contributed by atoms with Crippen LogP contribution in [0.3, 0.4) is 0 Å². The van der Waals surface area contributed by atoms with Gasteiger partial charge in [-0.1, -0.05) is 30.7 Å². The van der Waals surface area contributed by atoms with E-state index in [1.165, 1.54) is 4.70 Å². The summed E-state index contributed by atoms with van der Waals surface area (Å²) in [5.41, 5.74) is 1.55. The van der Waals surface area contributed by atoms with Crippen LogP contribution in [0.25, 0.3) is 10.2 Å². The molecule has 4 rings (SSSR count). The predicted octanol–water partition coefficient (Wildman–Crippen LogP) is 5.77. The standard InChI is InChI=1S/C23H25ClN2O3S/c1-3-11-29-21-17(24)12-16(13-19(21)28-2)23(27)26-10-6-7-15(14-26)22-25-18-8-4-5-9-20(18)30-22/h4-5,8-9,12-13,15H,3,6-7,10-11,14H2,1-2H3/t15-/m0/s1. The number of piperidine rings is 1. The first-order valence-electron chi connectivity index (χ1n) is 10.3. The fourth-order valence-corrected chi connectivity index (χ4v) is 5.16. The average molecular weight is 445 g/mol. The smallest absolute Gasteiger partial charge is 0.254 e. The van der Waals surface area contributed by atoms with Gasteiger partial charge in [-0.2, -0.15) is 0 Å². The van der Waals surface area contributed by atoms with Crippen molar-refractivity contribution in [3.05, 3.63) is 52.0 Å². The van der Waals surface area contributed by atoms with Gasteiger partial charge < -0.3 is 14.4 Å². The molecular formula is C23H25ClN2O3S. The van der Waals surface area contributed by atoms with Gasteiger partial charge in [-0.3, -0.25) is 4.79 Å². The molecule has 0 bridgehead atoms. The summed E-state index contributed by atoms with van der Waals surface area (Å²) in [6.07, 6.45) is 2.85. The molecule has 1 aliphatic heterocycles. The molecule has 0 N–H and O–H groups in total. The number of halogens is 1. The van der Waals surface area contributed by atoms with Crippen molar-refractivity contribution in [2.75, 3.05) is 26.8 Å². The minimum Gasteiger partial charge on any atom is -0.493 e. The number of hydrogen-bond donors (Lipinski definition) is 0. The molecule has 1 saturated heterocycles. The lowest BCUT2D eigenvalue weighted by Gasteiger charge is -2.32. The maximum absolute atomic E-state index is 13.2. The average Bonchev–Trinajstić information content (AvgIpc) is 3.22. The third kappa shape index (κ3) is 4.25. The summed E-state index contributed by atoms with van der Waals surface area (Å²) in [6, 6.07) is 11.6. The molecule has 2 aromatic carbocycles. The van der Waals surface area contributed by atoms with Crippen LogP contribution in [-0.4, -0.2) is 42.6 Å². The van der Waals surface area contributed by atoms with Gasteiger partial charge in [-0.15, -0.1) is 11.3 Å². The normalized spacial score (nSPS) is 16.6. The van der Waals surface area contributed by atoms with Gasteiger partial charge in [0.1, 0.15) is 0 Å². The fourth-order valence-electron chi connectivity index (χ4n) is 3.80. The number of aromatic nitrogens is 1. The summed E-state index contributed by atoms with van der Waals surface area (Å²) in [7, 11) is 1.56. The first-order valence-corrected chi connectivity index (χ1v) is 11.4. The van der Waals surface area contributed by atoms with E-state index in [2.05, 4.69) is 6.07 Å². The lowest BCUT2D eigenvalue weighted by atomic mass is 9.98. The highest BCUT2D eigenvalue weighted by molar-refractivity contribution is 7.18. The number of carbonyl (C=O) groups excluding carboxylic acids is 1. The maximum atomic E-state index is 13.2. The van der Waals surface area contributed by atoms with Crippen LogP contribution in [0, 0.1) is 0 Å². The first kappa shape index (κ1) is 20.9. The Bertz CT molecular complexity index is 1020. The second-order valence-electron chi connectivity index (χ2n) is 7.45. The van der Waals surface area contributed by atoms with E-state index in [-0.39, 0.29) is 11.8 Å². The Kier molecular flexibility index (Phi) is 6.44. The molecule has 0 aliphatic carbocycles. The molecule has 0 saturated carbocycles. The Morgan fingerprint density at radius 3 is 2.93 bits per heavy atom. The minimum absolute atomic E-state index is 0.0388. The summed E-state index contributed by atoms with van der Waals surface area (Å²) < 4.78 is 12.3. The largest absolute Gasteiger partial charge is 0.493 e. The van der Waals surface area contributed by atoms with E-state index in [0.717, 1.165) is 36.3 Å². The van der Waals surface area contributed by atoms with Crippen LogP contribution in [-0.2, 0) is 0 Å². The molecule has 1 aliphatic rings. The number of ether oxygens (including phenoxy) is 2. The summed E-state index contributed by atoms with van der Waals surface area (Å²) in [4.78, 5) is 20.0. The Morgan fingerprint density at radius 2 is 2.17 bits per heavy atom. The van der Waals surface area contributed by atoms with Crippen molar-refractivity contribution in [1.82, 2.24) is 9.88 Å². The van der Waals surface area contributed by atoms with Gasteiger partial charge >= 0.3 is 0 Å². The Labute approximate surface area is 185 Å². The van der Waals surface area contributed by atoms with Gasteiger partial charge in [0.2, 0.25) is 0 Å². The van der Waals surface area contributed by atoms with E-state index < -0.39 is 0 Å². The molecule has 1 atom stereocenters. The number of methoxy groups -OCH3 is 1. The first-order chi connectivity index (χ1) is 14.6. The van der Waals surface area contributed by atoms with Crippen molar-refractivity contribution in [2.24, 2.45) is 0 Å². The second-order valence-corrected chi connectivity index (χ2v) is 8.92. The molecule has 7 heteroatoms. The lowest BCUT2D eigenvalue weighted by Crippen LogP contribution is -2.39. The summed E-state index contributed by atoms with van der Waals surface area (Å²) in [6.45, 7) is 3.96. The molecule has 0 unspecified atom stereocenters. The molecule has 1 amide bonds. The third-order valence-electron chi connectivity index (χ3n) is 5.30. The lowest BCUT2D eigenvalue weighted by molar-refractivity contribution is 0.0706. The number of benzene rings is 2. The topological polar surface area (TPSA) is 51.7 Å². The van der Waals surface area contributed by atoms with Crippen molar-refractivity contribution in [1.29, 1.82) is 0 Å². The molecule has 30 heavy (non-hydrogen) atoms. The Morgan fingerprint density at radius 1 is 1.33 bits per heavy atom. The van der Waals surface area contributed by atoms with Crippen molar-refractivity contribution in [3.63, 3.8) is 0 Å². The molecule has 2 heterocycles. The highest BCUT2D eigenvalue weighted by Gasteiger charge is 2.28. The molecule has 1 fully saturated rings. The van der Waals surface area contributed by atoms with E-state index in [9.17, 15) is 4.79 Å². The number of carbonyl (C=O) groups is 1. The van der Waals surface area contributed by atoms with E-state index in [1.807, 2.05) is 30.0 Å². The second kappa shape index (κ2) is 9.23. The summed E-state index contributed by atoms with van der Waals surface area (Å²) in [5.74, 6) is 1.19. The van der Waals surface area contributed by atoms with Gasteiger partial charge in [0.15, 0.2) is 11.5 Å². The number of hydrogen-bond acceptors (Lipinski definition) is 5. The number of rotatable bonds is 6. The highest BCUT2D eigenvalue weighted by atomic mass is 35.5. The zero-order valence-corrected chi connectivity index (χ0v) is 18.8. The summed E-state index contributed by atoms with van der Waals surface area (Å²) in [5, 5.41) is 1.50. The van der Waals surface area contributed by atoms with Crippen molar-refractivity contribution in [2.45, 2.75) is 32.1 Å². The van der Waals surface area contributed by atoms with Crippen LogP contribution in [0.15, 0.2) is 36.4 Å². The van der Waals surface area contributed by atoms with Crippen LogP contribution in [0.5, 0.6) is 11.5 Å². The zero-order valence-electron chi connectivity index (χ0n) is 17.2. The van der Waals surface area contributed by atoms with E-state index >= 15 is 0 Å². The molecule has 1 aromatic heterocycles. The van der Waals surface area contributed by atoms with Crippen LogP contribution < -0.4 is 9.47 Å². The van der Waals surface area contributed by atoms with Crippen LogP contribution in [0.1, 0.15) is 47.5 Å². The van der Waals surface area contributed by atoms with E-state index in [0.29, 0.717) is 35.2 Å². The highest BCUT2D eigenvalue weighted by Crippen LogP contribution is 2.38. The van der Waals surface area contributed by atoms with Gasteiger partial charge in [-0.25, -0.2) is 4.98 Å². The number of fused-ring (bicyclic) bond motifs is 1. The van der Waals surface area contributed by atoms with Gasteiger partial charge in [0.25, 0.3) is 5.91 Å². The zero-order chi connectivity index (χ0) is 21.1. The van der Waals surface area contributed by atoms with E-state index in [4.69, 9.17) is 26.1 Å². The molecular weight excluding hydrogens is 420 g/mol. The van der Waals surface area contributed by atoms with E-state index in [1.54, 1.807) is 30.6 Å². The Balaban J connectivity index is 1.54. The van der Waals surface area contributed by atoms with Crippen LogP contribution in [0.2, 0.25) is 5.02 Å². The predicted molar refractivity (Wildman–Crippen MR) is 121 cm³/mol. The van der Waals surface area contributed by atoms with Gasteiger partial charge in [0.05, 0.1) is 34.0 Å². The summed E-state index contributed by atoms with van der Waals surface area (Å²) >= 11 is 8.14. The number of nitrogens with zero attached hydrogens (tertiary/aromatic N) is 2. The van der Waals surface area contributed by atoms with Gasteiger partial charge in [-0.05, 0) is 43.5 Å². The molecule has 0 spiro atoms. The quantitative estimate of drug-likeness (QED) is 0.484. The van der Waals surface area contributed by atoms with Crippen molar-refractivity contribution < 1.29 is 14.3 Å². The Hall–Kier alpha value is -2.31. The molecule has 158 valence electrons. The number of para-hydroxylation sites is 1. The molecule has 5 nitrogen and oxygen atoms in total. The number of likely N-dealkylation sites (tertiary alicyclic amines) is 1. The number of thiazole rings is 1.